The van der Waals surface area contributed by atoms with E-state index >= 15 is 0 Å². The number of nitrogens with zero attached hydrogens (tertiary/aromatic N) is 1. The number of rotatable bonds is 9. The molecule has 7 nitrogen and oxygen atoms in total. The summed E-state index contributed by atoms with van der Waals surface area (Å²) in [6.45, 7) is 6.31. The molecule has 0 aromatic heterocycles. The lowest BCUT2D eigenvalue weighted by molar-refractivity contribution is 0.0730. The van der Waals surface area contributed by atoms with E-state index in [0.717, 1.165) is 24.2 Å². The summed E-state index contributed by atoms with van der Waals surface area (Å²) < 4.78 is 38.1. The normalized spacial score (nSPS) is 14.9. The van der Waals surface area contributed by atoms with Crippen molar-refractivity contribution in [2.24, 2.45) is 0 Å². The third-order valence-corrected chi connectivity index (χ3v) is 7.10. The molecule has 0 atom stereocenters. The summed E-state index contributed by atoms with van der Waals surface area (Å²) in [5, 5.41) is 2.88. The summed E-state index contributed by atoms with van der Waals surface area (Å²) in [6, 6.07) is 12.6. The number of hydrogen-bond donors (Lipinski definition) is 1. The van der Waals surface area contributed by atoms with Gasteiger partial charge in [-0.05, 0) is 56.5 Å². The minimum absolute atomic E-state index is 0.136. The summed E-state index contributed by atoms with van der Waals surface area (Å²) in [7, 11) is -3.64. The van der Waals surface area contributed by atoms with Crippen LogP contribution < -0.4 is 10.1 Å². The molecule has 1 saturated heterocycles. The average molecular weight is 447 g/mol. The fraction of sp³-hybridized carbons (Fsp3) is 0.435. The Balaban J connectivity index is 1.50. The summed E-state index contributed by atoms with van der Waals surface area (Å²) >= 11 is 0. The van der Waals surface area contributed by atoms with E-state index in [4.69, 9.17) is 9.47 Å². The van der Waals surface area contributed by atoms with E-state index in [1.807, 2.05) is 31.2 Å². The van der Waals surface area contributed by atoms with Crippen LogP contribution in [0.1, 0.15) is 34.3 Å². The monoisotopic (exact) mass is 446 g/mol. The van der Waals surface area contributed by atoms with Gasteiger partial charge in [-0.2, -0.15) is 4.31 Å². The quantitative estimate of drug-likeness (QED) is 0.599. The third kappa shape index (κ3) is 6.29. The van der Waals surface area contributed by atoms with Gasteiger partial charge >= 0.3 is 0 Å². The molecular weight excluding hydrogens is 416 g/mol. The number of amides is 1. The molecule has 0 saturated carbocycles. The van der Waals surface area contributed by atoms with Crippen LogP contribution in [0.4, 0.5) is 0 Å². The third-order valence-electron chi connectivity index (χ3n) is 5.21. The number of benzene rings is 2. The van der Waals surface area contributed by atoms with Crippen molar-refractivity contribution in [3.05, 3.63) is 59.2 Å². The lowest BCUT2D eigenvalue weighted by Crippen LogP contribution is -2.40. The number of nitrogens with one attached hydrogen (secondary N) is 1. The number of aryl methyl sites for hydroxylation is 2. The number of carbonyl (C=O) groups excluding carboxylic acids is 1. The van der Waals surface area contributed by atoms with Gasteiger partial charge < -0.3 is 14.8 Å². The summed E-state index contributed by atoms with van der Waals surface area (Å²) in [5.41, 5.74) is 2.30. The maximum Gasteiger partial charge on any atom is 0.251 e. The molecule has 1 N–H and O–H groups in total. The Morgan fingerprint density at radius 1 is 1.06 bits per heavy atom. The average Bonchev–Trinajstić information content (AvgIpc) is 2.78. The Kier molecular flexibility index (Phi) is 8.06. The molecule has 168 valence electrons. The van der Waals surface area contributed by atoms with Gasteiger partial charge in [0.2, 0.25) is 10.0 Å². The number of ether oxygens (including phenoxy) is 2. The predicted molar refractivity (Wildman–Crippen MR) is 119 cm³/mol. The second kappa shape index (κ2) is 10.7. The van der Waals surface area contributed by atoms with Crippen LogP contribution in [0.25, 0.3) is 0 Å². The standard InChI is InChI=1S/C23H30N2O5S/c1-18-5-8-20(9-6-18)30-14-4-3-11-24-23(26)22-17-21(10-7-19(22)2)31(27,28)25-12-15-29-16-13-25/h5-10,17H,3-4,11-16H2,1-2H3,(H,24,26). The SMILES string of the molecule is Cc1ccc(OCCCCNC(=O)c2cc(S(=O)(=O)N3CCOCC3)ccc2C)cc1. The van der Waals surface area contributed by atoms with Crippen LogP contribution in [-0.4, -0.2) is 58.1 Å². The van der Waals surface area contributed by atoms with Crippen molar-refractivity contribution < 1.29 is 22.7 Å². The molecule has 8 heteroatoms. The Labute approximate surface area is 184 Å². The zero-order valence-electron chi connectivity index (χ0n) is 18.1. The number of morpholine rings is 1. The molecule has 0 bridgehead atoms. The number of hydrogen-bond acceptors (Lipinski definition) is 5. The van der Waals surface area contributed by atoms with E-state index < -0.39 is 10.0 Å². The zero-order chi connectivity index (χ0) is 22.3. The first-order chi connectivity index (χ1) is 14.9. The van der Waals surface area contributed by atoms with Gasteiger partial charge in [0.25, 0.3) is 5.91 Å². The Morgan fingerprint density at radius 3 is 2.48 bits per heavy atom. The minimum atomic E-state index is -3.64. The Bertz CT molecular complexity index is 984. The van der Waals surface area contributed by atoms with E-state index in [0.29, 0.717) is 45.0 Å². The van der Waals surface area contributed by atoms with Gasteiger partial charge in [0, 0.05) is 25.2 Å². The second-order valence-corrected chi connectivity index (χ2v) is 9.56. The van der Waals surface area contributed by atoms with E-state index in [-0.39, 0.29) is 10.8 Å². The molecular formula is C23H30N2O5S. The van der Waals surface area contributed by atoms with Gasteiger partial charge in [-0.1, -0.05) is 23.8 Å². The lowest BCUT2D eigenvalue weighted by atomic mass is 10.1. The summed E-state index contributed by atoms with van der Waals surface area (Å²) in [6.07, 6.45) is 1.57. The van der Waals surface area contributed by atoms with E-state index in [1.165, 1.54) is 15.9 Å². The second-order valence-electron chi connectivity index (χ2n) is 7.62. The summed E-state index contributed by atoms with van der Waals surface area (Å²) in [5.74, 6) is 0.569. The van der Waals surface area contributed by atoms with E-state index in [9.17, 15) is 13.2 Å². The van der Waals surface area contributed by atoms with Gasteiger partial charge in [0.05, 0.1) is 24.7 Å². The van der Waals surface area contributed by atoms with Crippen LogP contribution in [0.2, 0.25) is 0 Å². The van der Waals surface area contributed by atoms with Crippen molar-refractivity contribution in [3.63, 3.8) is 0 Å². The highest BCUT2D eigenvalue weighted by Gasteiger charge is 2.27. The van der Waals surface area contributed by atoms with Crippen LogP contribution in [0.5, 0.6) is 5.75 Å². The zero-order valence-corrected chi connectivity index (χ0v) is 18.9. The minimum Gasteiger partial charge on any atom is -0.494 e. The Morgan fingerprint density at radius 2 is 1.77 bits per heavy atom. The first-order valence-corrected chi connectivity index (χ1v) is 12.0. The molecule has 2 aromatic carbocycles. The van der Waals surface area contributed by atoms with Crippen LogP contribution in [0.3, 0.4) is 0 Å². The van der Waals surface area contributed by atoms with Crippen molar-refractivity contribution in [2.75, 3.05) is 39.5 Å². The van der Waals surface area contributed by atoms with Gasteiger partial charge in [-0.3, -0.25) is 4.79 Å². The van der Waals surface area contributed by atoms with Crippen LogP contribution in [0, 0.1) is 13.8 Å². The highest BCUT2D eigenvalue weighted by molar-refractivity contribution is 7.89. The molecule has 3 rings (SSSR count). The lowest BCUT2D eigenvalue weighted by Gasteiger charge is -2.26. The fourth-order valence-corrected chi connectivity index (χ4v) is 4.73. The van der Waals surface area contributed by atoms with E-state index in [1.54, 1.807) is 19.1 Å². The molecule has 1 fully saturated rings. The first-order valence-electron chi connectivity index (χ1n) is 10.5. The molecule has 1 heterocycles. The molecule has 1 aliphatic rings. The maximum atomic E-state index is 12.9. The smallest absolute Gasteiger partial charge is 0.251 e. The molecule has 1 amide bonds. The highest BCUT2D eigenvalue weighted by Crippen LogP contribution is 2.20. The van der Waals surface area contributed by atoms with Gasteiger partial charge in [-0.25, -0.2) is 8.42 Å². The topological polar surface area (TPSA) is 84.9 Å². The number of sulfonamides is 1. The largest absolute Gasteiger partial charge is 0.494 e. The molecule has 1 aliphatic heterocycles. The van der Waals surface area contributed by atoms with Gasteiger partial charge in [0.1, 0.15) is 5.75 Å². The molecule has 2 aromatic rings. The highest BCUT2D eigenvalue weighted by atomic mass is 32.2. The molecule has 0 radical (unpaired) electrons. The van der Waals surface area contributed by atoms with Gasteiger partial charge in [0.15, 0.2) is 0 Å². The maximum absolute atomic E-state index is 12.9. The van der Waals surface area contributed by atoms with Crippen molar-refractivity contribution >= 4 is 15.9 Å². The fourth-order valence-electron chi connectivity index (χ4n) is 3.29. The van der Waals surface area contributed by atoms with Gasteiger partial charge in [-0.15, -0.1) is 0 Å². The number of carbonyl (C=O) groups is 1. The number of unbranched alkanes of at least 4 members (excludes halogenated alkanes) is 1. The molecule has 0 aliphatic carbocycles. The molecule has 0 spiro atoms. The van der Waals surface area contributed by atoms with Crippen molar-refractivity contribution in [1.82, 2.24) is 9.62 Å². The molecule has 31 heavy (non-hydrogen) atoms. The van der Waals surface area contributed by atoms with E-state index in [2.05, 4.69) is 5.32 Å². The van der Waals surface area contributed by atoms with Crippen LogP contribution in [-0.2, 0) is 14.8 Å². The first kappa shape index (κ1) is 23.2. The van der Waals surface area contributed by atoms with Crippen LogP contribution in [0.15, 0.2) is 47.4 Å². The molecule has 0 unspecified atom stereocenters. The van der Waals surface area contributed by atoms with Crippen LogP contribution >= 0.6 is 0 Å². The Hall–Kier alpha value is -2.42. The summed E-state index contributed by atoms with van der Waals surface area (Å²) in [4.78, 5) is 12.8. The van der Waals surface area contributed by atoms with Crippen molar-refractivity contribution in [1.29, 1.82) is 0 Å². The predicted octanol–water partition coefficient (Wildman–Crippen LogP) is 2.91. The van der Waals surface area contributed by atoms with Crippen molar-refractivity contribution in [3.8, 4) is 5.75 Å². The van der Waals surface area contributed by atoms with Crippen molar-refractivity contribution in [2.45, 2.75) is 31.6 Å².